The van der Waals surface area contributed by atoms with E-state index in [1.807, 2.05) is 24.3 Å². The van der Waals surface area contributed by atoms with E-state index < -0.39 is 0 Å². The molecule has 0 spiro atoms. The first-order chi connectivity index (χ1) is 7.77. The van der Waals surface area contributed by atoms with Crippen molar-refractivity contribution in [1.82, 2.24) is 5.32 Å². The van der Waals surface area contributed by atoms with Crippen LogP contribution in [0.2, 0.25) is 0 Å². The Morgan fingerprint density at radius 1 is 1.31 bits per heavy atom. The van der Waals surface area contributed by atoms with Crippen molar-refractivity contribution >= 4 is 17.7 Å². The first-order valence-corrected chi connectivity index (χ1v) is 7.03. The minimum Gasteiger partial charge on any atom is -0.352 e. The number of unbranched alkanes of at least 4 members (excludes halogenated alkanes) is 1. The van der Waals surface area contributed by atoms with Crippen LogP contribution in [0, 0.1) is 0 Å². The molecule has 0 radical (unpaired) electrons. The average Bonchev–Trinajstić information content (AvgIpc) is 2.30. The summed E-state index contributed by atoms with van der Waals surface area (Å²) >= 11 is 1.79. The minimum absolute atomic E-state index is 0.0316. The van der Waals surface area contributed by atoms with Gasteiger partial charge in [0, 0.05) is 17.9 Å². The third kappa shape index (κ3) is 4.27. The predicted molar refractivity (Wildman–Crippen MR) is 70.9 cm³/mol. The quantitative estimate of drug-likeness (QED) is 0.770. The number of hydrogen-bond acceptors (Lipinski definition) is 2. The maximum atomic E-state index is 11.7. The van der Waals surface area contributed by atoms with Gasteiger partial charge in [0.1, 0.15) is 0 Å². The van der Waals surface area contributed by atoms with Crippen molar-refractivity contribution in [1.29, 1.82) is 0 Å². The van der Waals surface area contributed by atoms with Gasteiger partial charge in [0.2, 0.25) is 0 Å². The van der Waals surface area contributed by atoms with E-state index in [2.05, 4.69) is 18.5 Å². The molecule has 0 aromatic heterocycles. The molecule has 1 rings (SSSR count). The van der Waals surface area contributed by atoms with Gasteiger partial charge in [-0.3, -0.25) is 4.79 Å². The van der Waals surface area contributed by atoms with E-state index in [-0.39, 0.29) is 5.91 Å². The highest BCUT2D eigenvalue weighted by Crippen LogP contribution is 2.10. The summed E-state index contributed by atoms with van der Waals surface area (Å²) in [6.45, 7) is 2.88. The van der Waals surface area contributed by atoms with Crippen molar-refractivity contribution in [2.24, 2.45) is 0 Å². The molecule has 2 nitrogen and oxygen atoms in total. The fourth-order valence-electron chi connectivity index (χ4n) is 1.40. The van der Waals surface area contributed by atoms with Crippen LogP contribution in [0.3, 0.4) is 0 Å². The number of nitrogens with one attached hydrogen (secondary N) is 1. The van der Waals surface area contributed by atoms with E-state index in [0.717, 1.165) is 30.7 Å². The molecule has 0 bridgehead atoms. The molecule has 1 aromatic carbocycles. The summed E-state index contributed by atoms with van der Waals surface area (Å²) < 4.78 is 0. The molecule has 0 saturated carbocycles. The van der Waals surface area contributed by atoms with Crippen molar-refractivity contribution < 1.29 is 4.79 Å². The lowest BCUT2D eigenvalue weighted by molar-refractivity contribution is 0.0953. The minimum atomic E-state index is 0.0316. The lowest BCUT2D eigenvalue weighted by Crippen LogP contribution is -2.24. The van der Waals surface area contributed by atoms with E-state index in [1.165, 1.54) is 5.56 Å². The summed E-state index contributed by atoms with van der Waals surface area (Å²) in [6.07, 6.45) is 4.22. The van der Waals surface area contributed by atoms with Crippen LogP contribution >= 0.6 is 11.8 Å². The van der Waals surface area contributed by atoms with Gasteiger partial charge in [-0.05, 0) is 30.4 Å². The molecular weight excluding hydrogens is 218 g/mol. The number of rotatable bonds is 6. The fraction of sp³-hybridized carbons (Fsp3) is 0.462. The lowest BCUT2D eigenvalue weighted by Gasteiger charge is -2.05. The Balaban J connectivity index is 2.49. The van der Waals surface area contributed by atoms with E-state index in [4.69, 9.17) is 0 Å². The van der Waals surface area contributed by atoms with Crippen molar-refractivity contribution in [3.8, 4) is 0 Å². The number of thioether (sulfide) groups is 1. The smallest absolute Gasteiger partial charge is 0.251 e. The normalized spacial score (nSPS) is 10.1. The molecule has 0 aliphatic heterocycles. The number of hydrogen-bond donors (Lipinski definition) is 1. The molecule has 0 heterocycles. The Morgan fingerprint density at radius 3 is 2.56 bits per heavy atom. The molecule has 88 valence electrons. The van der Waals surface area contributed by atoms with Crippen LogP contribution < -0.4 is 5.32 Å². The monoisotopic (exact) mass is 237 g/mol. The number of benzene rings is 1. The molecule has 1 amide bonds. The SMILES string of the molecule is CCCCNC(=O)c1ccc(CSC)cc1. The van der Waals surface area contributed by atoms with Gasteiger partial charge in [-0.1, -0.05) is 25.5 Å². The summed E-state index contributed by atoms with van der Waals surface area (Å²) in [5, 5.41) is 2.91. The van der Waals surface area contributed by atoms with Crippen molar-refractivity contribution in [3.63, 3.8) is 0 Å². The van der Waals surface area contributed by atoms with Gasteiger partial charge in [-0.2, -0.15) is 11.8 Å². The van der Waals surface area contributed by atoms with Gasteiger partial charge in [-0.25, -0.2) is 0 Å². The van der Waals surface area contributed by atoms with Crippen molar-refractivity contribution in [3.05, 3.63) is 35.4 Å². The van der Waals surface area contributed by atoms with Gasteiger partial charge in [-0.15, -0.1) is 0 Å². The molecule has 1 aromatic rings. The average molecular weight is 237 g/mol. The molecule has 16 heavy (non-hydrogen) atoms. The summed E-state index contributed by atoms with van der Waals surface area (Å²) in [5.41, 5.74) is 2.01. The molecule has 0 aliphatic rings. The van der Waals surface area contributed by atoms with Gasteiger partial charge >= 0.3 is 0 Å². The summed E-state index contributed by atoms with van der Waals surface area (Å²) in [7, 11) is 0. The largest absolute Gasteiger partial charge is 0.352 e. The van der Waals surface area contributed by atoms with Crippen LogP contribution in [0.25, 0.3) is 0 Å². The van der Waals surface area contributed by atoms with Crippen LogP contribution in [0.15, 0.2) is 24.3 Å². The van der Waals surface area contributed by atoms with Crippen LogP contribution in [0.1, 0.15) is 35.7 Å². The van der Waals surface area contributed by atoms with Crippen LogP contribution in [-0.2, 0) is 5.75 Å². The Kier molecular flexibility index (Phi) is 6.01. The van der Waals surface area contributed by atoms with Crippen LogP contribution in [0.5, 0.6) is 0 Å². The maximum Gasteiger partial charge on any atom is 0.251 e. The Hall–Kier alpha value is -0.960. The van der Waals surface area contributed by atoms with Gasteiger partial charge < -0.3 is 5.32 Å². The third-order valence-electron chi connectivity index (χ3n) is 2.34. The molecule has 0 atom stereocenters. The standard InChI is InChI=1S/C13H19NOS/c1-3-4-9-14-13(15)12-7-5-11(6-8-12)10-16-2/h5-8H,3-4,9-10H2,1-2H3,(H,14,15). The number of carbonyl (C=O) groups excluding carboxylic acids is 1. The molecule has 3 heteroatoms. The molecule has 0 aliphatic carbocycles. The highest BCUT2D eigenvalue weighted by atomic mass is 32.2. The van der Waals surface area contributed by atoms with Crippen molar-refractivity contribution in [2.75, 3.05) is 12.8 Å². The maximum absolute atomic E-state index is 11.7. The molecule has 0 saturated heterocycles. The first-order valence-electron chi connectivity index (χ1n) is 5.64. The van der Waals surface area contributed by atoms with Crippen molar-refractivity contribution in [2.45, 2.75) is 25.5 Å². The summed E-state index contributed by atoms with van der Waals surface area (Å²) in [6, 6.07) is 7.83. The molecule has 0 unspecified atom stereocenters. The van der Waals surface area contributed by atoms with Gasteiger partial charge in [0.05, 0.1) is 0 Å². The summed E-state index contributed by atoms with van der Waals surface area (Å²) in [5.74, 6) is 1.03. The highest BCUT2D eigenvalue weighted by molar-refractivity contribution is 7.97. The Morgan fingerprint density at radius 2 is 2.00 bits per heavy atom. The van der Waals surface area contributed by atoms with Crippen LogP contribution in [-0.4, -0.2) is 18.7 Å². The Bertz CT molecular complexity index is 321. The number of amides is 1. The van der Waals surface area contributed by atoms with E-state index in [1.54, 1.807) is 11.8 Å². The molecule has 1 N–H and O–H groups in total. The third-order valence-corrected chi connectivity index (χ3v) is 2.97. The second-order valence-corrected chi connectivity index (χ2v) is 4.61. The first kappa shape index (κ1) is 13.1. The topological polar surface area (TPSA) is 29.1 Å². The molecule has 0 fully saturated rings. The Labute approximate surface area is 102 Å². The zero-order valence-corrected chi connectivity index (χ0v) is 10.8. The van der Waals surface area contributed by atoms with E-state index >= 15 is 0 Å². The number of carbonyl (C=O) groups is 1. The molecular formula is C13H19NOS. The highest BCUT2D eigenvalue weighted by Gasteiger charge is 2.03. The van der Waals surface area contributed by atoms with Crippen LogP contribution in [0.4, 0.5) is 0 Å². The van der Waals surface area contributed by atoms with E-state index in [0.29, 0.717) is 0 Å². The predicted octanol–water partition coefficient (Wildman–Crippen LogP) is 3.08. The lowest BCUT2D eigenvalue weighted by atomic mass is 10.1. The zero-order valence-electron chi connectivity index (χ0n) is 9.95. The second-order valence-electron chi connectivity index (χ2n) is 3.74. The zero-order chi connectivity index (χ0) is 11.8. The van der Waals surface area contributed by atoms with Gasteiger partial charge in [0.15, 0.2) is 0 Å². The van der Waals surface area contributed by atoms with E-state index in [9.17, 15) is 4.79 Å². The fourth-order valence-corrected chi connectivity index (χ4v) is 1.93. The second kappa shape index (κ2) is 7.34. The summed E-state index contributed by atoms with van der Waals surface area (Å²) in [4.78, 5) is 11.7. The van der Waals surface area contributed by atoms with Gasteiger partial charge in [0.25, 0.3) is 5.91 Å².